The van der Waals surface area contributed by atoms with Crippen molar-refractivity contribution in [2.45, 2.75) is 52.9 Å². The van der Waals surface area contributed by atoms with Crippen LogP contribution in [0.25, 0.3) is 0 Å². The zero-order valence-corrected chi connectivity index (χ0v) is 15.4. The van der Waals surface area contributed by atoms with Crippen molar-refractivity contribution in [2.75, 3.05) is 13.2 Å². The highest BCUT2D eigenvalue weighted by molar-refractivity contribution is 7.48. The number of benzene rings is 1. The molecule has 0 amide bonds. The summed E-state index contributed by atoms with van der Waals surface area (Å²) in [6, 6.07) is 10.4. The van der Waals surface area contributed by atoms with E-state index in [1.54, 1.807) is 13.8 Å². The van der Waals surface area contributed by atoms with Crippen molar-refractivity contribution < 1.29 is 18.1 Å². The summed E-state index contributed by atoms with van der Waals surface area (Å²) in [7, 11) is -3.48. The summed E-state index contributed by atoms with van der Waals surface area (Å²) in [6.07, 6.45) is 6.58. The first-order chi connectivity index (χ1) is 11.1. The Labute approximate surface area is 140 Å². The van der Waals surface area contributed by atoms with Crippen LogP contribution in [0, 0.1) is 0 Å². The highest BCUT2D eigenvalue weighted by atomic mass is 31.2. The summed E-state index contributed by atoms with van der Waals surface area (Å²) in [5, 5.41) is 0. The molecule has 5 heteroatoms. The van der Waals surface area contributed by atoms with Gasteiger partial charge in [-0.25, -0.2) is 4.57 Å². The predicted molar refractivity (Wildman–Crippen MR) is 94.3 cm³/mol. The Morgan fingerprint density at radius 2 is 1.74 bits per heavy atom. The largest absolute Gasteiger partial charge is 0.529 e. The van der Waals surface area contributed by atoms with E-state index in [-0.39, 0.29) is 0 Å². The first-order valence-corrected chi connectivity index (χ1v) is 9.91. The van der Waals surface area contributed by atoms with Crippen LogP contribution < -0.4 is 0 Å². The lowest BCUT2D eigenvalue weighted by atomic mass is 10.1. The number of hydrogen-bond donors (Lipinski definition) is 0. The van der Waals surface area contributed by atoms with Gasteiger partial charge in [0.1, 0.15) is 5.76 Å². The van der Waals surface area contributed by atoms with Gasteiger partial charge in [-0.1, -0.05) is 37.3 Å². The summed E-state index contributed by atoms with van der Waals surface area (Å²) < 4.78 is 28.4. The second-order valence-electron chi connectivity index (χ2n) is 5.17. The molecule has 0 spiro atoms. The number of phosphoric acid groups is 1. The molecule has 0 saturated heterocycles. The standard InChI is InChI=1S/C18H29O4P/c1-4-12-18(22-23(19,20-5-2)21-6-3)16-11-10-15-17-13-8-7-9-14-17/h7-9,13-14,16H,4-6,10-12,15H2,1-3H3/b18-16+. The summed E-state index contributed by atoms with van der Waals surface area (Å²) in [4.78, 5) is 0. The first-order valence-electron chi connectivity index (χ1n) is 8.45. The number of rotatable bonds is 12. The number of allylic oxidation sites excluding steroid dienone is 2. The molecule has 0 aliphatic heterocycles. The Balaban J connectivity index is 2.56. The van der Waals surface area contributed by atoms with Crippen molar-refractivity contribution in [1.29, 1.82) is 0 Å². The summed E-state index contributed by atoms with van der Waals surface area (Å²) >= 11 is 0. The maximum atomic E-state index is 12.4. The molecule has 4 nitrogen and oxygen atoms in total. The molecule has 0 N–H and O–H groups in total. The van der Waals surface area contributed by atoms with E-state index in [0.29, 0.717) is 19.0 Å². The zero-order valence-electron chi connectivity index (χ0n) is 14.5. The lowest BCUT2D eigenvalue weighted by molar-refractivity contribution is 0.143. The topological polar surface area (TPSA) is 44.8 Å². The normalized spacial score (nSPS) is 12.4. The molecule has 0 bridgehead atoms. The molecule has 1 aromatic carbocycles. The minimum absolute atomic E-state index is 0.296. The Hall–Kier alpha value is -1.09. The second-order valence-corrected chi connectivity index (χ2v) is 6.77. The van der Waals surface area contributed by atoms with Gasteiger partial charge in [0.25, 0.3) is 0 Å². The van der Waals surface area contributed by atoms with Gasteiger partial charge in [-0.2, -0.15) is 0 Å². The van der Waals surface area contributed by atoms with Gasteiger partial charge in [-0.3, -0.25) is 9.05 Å². The van der Waals surface area contributed by atoms with E-state index in [1.807, 2.05) is 12.1 Å². The van der Waals surface area contributed by atoms with Gasteiger partial charge >= 0.3 is 7.82 Å². The SMILES string of the molecule is CCC/C(=C\CCCc1ccccc1)OP(=O)(OCC)OCC. The average molecular weight is 340 g/mol. The van der Waals surface area contributed by atoms with Gasteiger partial charge in [-0.05, 0) is 51.2 Å². The predicted octanol–water partition coefficient (Wildman–Crippen LogP) is 5.89. The van der Waals surface area contributed by atoms with Crippen molar-refractivity contribution in [3.63, 3.8) is 0 Å². The maximum absolute atomic E-state index is 12.4. The zero-order chi connectivity index (χ0) is 17.0. The third kappa shape index (κ3) is 8.36. The molecule has 0 aliphatic rings. The number of aryl methyl sites for hydroxylation is 1. The monoisotopic (exact) mass is 340 g/mol. The van der Waals surface area contributed by atoms with Gasteiger partial charge in [0.2, 0.25) is 0 Å². The fraction of sp³-hybridized carbons (Fsp3) is 0.556. The molecular weight excluding hydrogens is 311 g/mol. The van der Waals surface area contributed by atoms with Crippen molar-refractivity contribution in [3.8, 4) is 0 Å². The van der Waals surface area contributed by atoms with E-state index in [1.165, 1.54) is 5.56 Å². The van der Waals surface area contributed by atoms with Crippen LogP contribution >= 0.6 is 7.82 Å². The van der Waals surface area contributed by atoms with Crippen molar-refractivity contribution in [3.05, 3.63) is 47.7 Å². The first kappa shape index (κ1) is 20.0. The highest BCUT2D eigenvalue weighted by Gasteiger charge is 2.27. The Morgan fingerprint density at radius 3 is 2.30 bits per heavy atom. The Morgan fingerprint density at radius 1 is 1.09 bits per heavy atom. The minimum atomic E-state index is -3.48. The smallest absolute Gasteiger partial charge is 0.409 e. The van der Waals surface area contributed by atoms with Crippen LogP contribution in [0.15, 0.2) is 42.2 Å². The summed E-state index contributed by atoms with van der Waals surface area (Å²) in [5.41, 5.74) is 1.33. The van der Waals surface area contributed by atoms with E-state index in [0.717, 1.165) is 32.1 Å². The minimum Gasteiger partial charge on any atom is -0.409 e. The van der Waals surface area contributed by atoms with E-state index in [9.17, 15) is 4.57 Å². The van der Waals surface area contributed by atoms with Gasteiger partial charge in [0, 0.05) is 6.42 Å². The number of unbranched alkanes of at least 4 members (excludes halogenated alkanes) is 1. The molecule has 1 rings (SSSR count). The molecule has 0 fully saturated rings. The lowest BCUT2D eigenvalue weighted by Gasteiger charge is -2.19. The molecule has 0 unspecified atom stereocenters. The molecule has 0 saturated carbocycles. The number of phosphoric ester groups is 1. The molecular formula is C18H29O4P. The van der Waals surface area contributed by atoms with Crippen LogP contribution in [-0.4, -0.2) is 13.2 Å². The van der Waals surface area contributed by atoms with Crippen molar-refractivity contribution in [2.24, 2.45) is 0 Å². The van der Waals surface area contributed by atoms with Crippen LogP contribution in [-0.2, 0) is 24.6 Å². The molecule has 1 aromatic rings. The van der Waals surface area contributed by atoms with Crippen LogP contribution in [0.2, 0.25) is 0 Å². The van der Waals surface area contributed by atoms with Gasteiger partial charge in [-0.15, -0.1) is 0 Å². The molecule has 23 heavy (non-hydrogen) atoms. The molecule has 0 radical (unpaired) electrons. The summed E-state index contributed by atoms with van der Waals surface area (Å²) in [5.74, 6) is 0.700. The van der Waals surface area contributed by atoms with Crippen LogP contribution in [0.5, 0.6) is 0 Å². The quantitative estimate of drug-likeness (QED) is 0.270. The van der Waals surface area contributed by atoms with E-state index < -0.39 is 7.82 Å². The summed E-state index contributed by atoms with van der Waals surface area (Å²) in [6.45, 7) is 6.21. The van der Waals surface area contributed by atoms with E-state index in [2.05, 4.69) is 31.2 Å². The molecule has 130 valence electrons. The molecule has 0 aromatic heterocycles. The van der Waals surface area contributed by atoms with Crippen LogP contribution in [0.1, 0.15) is 52.0 Å². The third-order valence-electron chi connectivity index (χ3n) is 3.18. The average Bonchev–Trinajstić information content (AvgIpc) is 2.53. The molecule has 0 heterocycles. The number of hydrogen-bond acceptors (Lipinski definition) is 4. The Kier molecular flexibility index (Phi) is 9.93. The van der Waals surface area contributed by atoms with Gasteiger partial charge < -0.3 is 4.52 Å². The fourth-order valence-electron chi connectivity index (χ4n) is 2.20. The third-order valence-corrected chi connectivity index (χ3v) is 4.79. The van der Waals surface area contributed by atoms with Crippen molar-refractivity contribution >= 4 is 7.82 Å². The van der Waals surface area contributed by atoms with Crippen molar-refractivity contribution in [1.82, 2.24) is 0 Å². The fourth-order valence-corrected chi connectivity index (χ4v) is 3.46. The van der Waals surface area contributed by atoms with Crippen LogP contribution in [0.4, 0.5) is 0 Å². The van der Waals surface area contributed by atoms with E-state index in [4.69, 9.17) is 13.6 Å². The second kappa shape index (κ2) is 11.4. The van der Waals surface area contributed by atoms with Gasteiger partial charge in [0.15, 0.2) is 0 Å². The molecule has 0 atom stereocenters. The van der Waals surface area contributed by atoms with Gasteiger partial charge in [0.05, 0.1) is 13.2 Å². The maximum Gasteiger partial charge on any atom is 0.529 e. The Bertz CT molecular complexity index is 489. The lowest BCUT2D eigenvalue weighted by Crippen LogP contribution is -2.00. The van der Waals surface area contributed by atoms with Crippen LogP contribution in [0.3, 0.4) is 0 Å². The van der Waals surface area contributed by atoms with E-state index >= 15 is 0 Å². The highest BCUT2D eigenvalue weighted by Crippen LogP contribution is 2.51. The molecule has 0 aliphatic carbocycles.